The number of hydrogen-bond donors (Lipinski definition) is 0. The molecule has 0 saturated heterocycles. The molecule has 20 heavy (non-hydrogen) atoms. The van der Waals surface area contributed by atoms with Gasteiger partial charge in [0, 0.05) is 12.8 Å². The van der Waals surface area contributed by atoms with Crippen LogP contribution in [0.15, 0.2) is 30.0 Å². The van der Waals surface area contributed by atoms with Gasteiger partial charge in [-0.25, -0.2) is 0 Å². The molecule has 0 spiro atoms. The van der Waals surface area contributed by atoms with E-state index in [1.165, 1.54) is 0 Å². The quantitative estimate of drug-likeness (QED) is 0.590. The van der Waals surface area contributed by atoms with Crippen molar-refractivity contribution in [3.63, 3.8) is 0 Å². The van der Waals surface area contributed by atoms with Crippen LogP contribution < -0.4 is 9.64 Å². The molecule has 1 aromatic rings. The van der Waals surface area contributed by atoms with Gasteiger partial charge in [-0.15, -0.1) is 12.1 Å². The molecule has 0 fully saturated rings. The first-order valence-electron chi connectivity index (χ1n) is 5.84. The zero-order chi connectivity index (χ0) is 12.5. The van der Waals surface area contributed by atoms with Crippen LogP contribution in [0.1, 0.15) is 0 Å². The van der Waals surface area contributed by atoms with E-state index >= 15 is 0 Å². The first-order chi connectivity index (χ1) is 8.79. The number of rotatable bonds is 2. The molecule has 1 radical (unpaired) electrons. The van der Waals surface area contributed by atoms with Crippen LogP contribution in [0.3, 0.4) is 0 Å². The Morgan fingerprint density at radius 2 is 1.95 bits per heavy atom. The van der Waals surface area contributed by atoms with E-state index in [0.717, 1.165) is 23.2 Å². The van der Waals surface area contributed by atoms with E-state index in [1.807, 2.05) is 35.0 Å². The second kappa shape index (κ2) is 6.84. The summed E-state index contributed by atoms with van der Waals surface area (Å²) in [5.41, 5.74) is 0.914. The third-order valence-corrected chi connectivity index (χ3v) is 2.97. The van der Waals surface area contributed by atoms with E-state index in [4.69, 9.17) is 14.2 Å². The third kappa shape index (κ3) is 2.85. The molecular formula is C14H18N2O3Rh. The van der Waals surface area contributed by atoms with Crippen LogP contribution in [0.4, 0.5) is 5.69 Å². The van der Waals surface area contributed by atoms with E-state index in [9.17, 15) is 0 Å². The van der Waals surface area contributed by atoms with Crippen LogP contribution in [-0.2, 0) is 29.0 Å². The minimum absolute atomic E-state index is 0. The summed E-state index contributed by atoms with van der Waals surface area (Å²) in [4.78, 5) is 4.04. The standard InChI is InChI=1S/C13H15N2O3.CH3.Rh/c1-14-9-15(13-12(14)17-6-7-18-13)10-4-3-5-11(8-10)16-2;;/h3,5,8H,6-7,9H2,1-2H3;1H3;/q2*-1;+2. The molecule has 0 aliphatic carbocycles. The fourth-order valence-electron chi connectivity index (χ4n) is 2.11. The molecule has 0 atom stereocenters. The summed E-state index contributed by atoms with van der Waals surface area (Å²) in [7, 11) is 3.63. The maximum atomic E-state index is 5.69. The van der Waals surface area contributed by atoms with Gasteiger partial charge in [-0.2, -0.15) is 12.1 Å². The van der Waals surface area contributed by atoms with Crippen molar-refractivity contribution in [2.24, 2.45) is 0 Å². The molecule has 0 unspecified atom stereocenters. The molecule has 2 aliphatic heterocycles. The minimum Gasteiger partial charge on any atom is -0.522 e. The van der Waals surface area contributed by atoms with Gasteiger partial charge in [-0.05, 0) is 0 Å². The number of anilines is 1. The van der Waals surface area contributed by atoms with Crippen molar-refractivity contribution >= 4 is 5.69 Å². The summed E-state index contributed by atoms with van der Waals surface area (Å²) in [5, 5.41) is 0. The summed E-state index contributed by atoms with van der Waals surface area (Å²) in [6, 6.07) is 8.84. The van der Waals surface area contributed by atoms with Gasteiger partial charge >= 0.3 is 19.5 Å². The van der Waals surface area contributed by atoms with E-state index in [-0.39, 0.29) is 26.9 Å². The van der Waals surface area contributed by atoms with E-state index in [0.29, 0.717) is 19.9 Å². The zero-order valence-corrected chi connectivity index (χ0v) is 13.4. The smallest absolute Gasteiger partial charge is 0.522 e. The Hall–Kier alpha value is -1.42. The van der Waals surface area contributed by atoms with Gasteiger partial charge in [-0.3, -0.25) is 0 Å². The number of nitrogens with zero attached hydrogens (tertiary/aromatic N) is 2. The minimum atomic E-state index is 0. The maximum absolute atomic E-state index is 5.69. The fourth-order valence-corrected chi connectivity index (χ4v) is 2.11. The van der Waals surface area contributed by atoms with Crippen LogP contribution in [0, 0.1) is 13.5 Å². The molecule has 0 N–H and O–H groups in total. The molecule has 3 rings (SSSR count). The second-order valence-corrected chi connectivity index (χ2v) is 4.19. The van der Waals surface area contributed by atoms with E-state index in [1.54, 1.807) is 7.11 Å². The first-order valence-corrected chi connectivity index (χ1v) is 5.84. The monoisotopic (exact) mass is 365 g/mol. The van der Waals surface area contributed by atoms with Crippen LogP contribution in [-0.4, -0.2) is 38.9 Å². The molecule has 0 amide bonds. The Kier molecular flexibility index (Phi) is 5.69. The van der Waals surface area contributed by atoms with Crippen LogP contribution in [0.2, 0.25) is 0 Å². The summed E-state index contributed by atoms with van der Waals surface area (Å²) in [5.74, 6) is 2.35. The van der Waals surface area contributed by atoms with Crippen molar-refractivity contribution < 1.29 is 33.7 Å². The summed E-state index contributed by atoms with van der Waals surface area (Å²) < 4.78 is 16.5. The molecule has 2 heterocycles. The Bertz CT molecular complexity index is 493. The van der Waals surface area contributed by atoms with E-state index < -0.39 is 0 Å². The second-order valence-electron chi connectivity index (χ2n) is 4.19. The average molecular weight is 365 g/mol. The van der Waals surface area contributed by atoms with Crippen molar-refractivity contribution in [2.45, 2.75) is 0 Å². The van der Waals surface area contributed by atoms with Crippen molar-refractivity contribution in [3.8, 4) is 5.75 Å². The van der Waals surface area contributed by atoms with Gasteiger partial charge in [0.2, 0.25) is 0 Å². The average Bonchev–Trinajstić information content (AvgIpc) is 2.77. The van der Waals surface area contributed by atoms with Crippen molar-refractivity contribution in [2.75, 3.05) is 38.9 Å². The van der Waals surface area contributed by atoms with Crippen molar-refractivity contribution in [3.05, 3.63) is 43.5 Å². The summed E-state index contributed by atoms with van der Waals surface area (Å²) in [6.45, 7) is 1.86. The summed E-state index contributed by atoms with van der Waals surface area (Å²) in [6.07, 6.45) is 0. The largest absolute Gasteiger partial charge is 2.00 e. The molecule has 0 aromatic heterocycles. The predicted octanol–water partition coefficient (Wildman–Crippen LogP) is 1.83. The predicted molar refractivity (Wildman–Crippen MR) is 72.3 cm³/mol. The Morgan fingerprint density at radius 1 is 1.25 bits per heavy atom. The number of benzene rings is 1. The SMILES string of the molecule is COc1cc[c-]c(N2CN(C)C3=C2OCCO3)c1.[CH3-].[Rh+2]. The van der Waals surface area contributed by atoms with Crippen LogP contribution in [0.25, 0.3) is 0 Å². The zero-order valence-electron chi connectivity index (χ0n) is 11.8. The molecule has 2 aliphatic rings. The third-order valence-electron chi connectivity index (χ3n) is 2.97. The molecular weight excluding hydrogens is 347 g/mol. The summed E-state index contributed by atoms with van der Waals surface area (Å²) >= 11 is 0. The van der Waals surface area contributed by atoms with Gasteiger partial charge in [0.05, 0.1) is 13.8 Å². The maximum Gasteiger partial charge on any atom is 2.00 e. The number of ether oxygens (including phenoxy) is 3. The number of hydrogen-bond acceptors (Lipinski definition) is 5. The van der Waals surface area contributed by atoms with E-state index in [2.05, 4.69) is 6.07 Å². The molecule has 1 aromatic carbocycles. The first kappa shape index (κ1) is 16.6. The van der Waals surface area contributed by atoms with Crippen molar-refractivity contribution in [1.29, 1.82) is 0 Å². The Morgan fingerprint density at radius 3 is 2.65 bits per heavy atom. The van der Waals surface area contributed by atoms with Crippen LogP contribution in [0.5, 0.6) is 5.75 Å². The fraction of sp³-hybridized carbons (Fsp3) is 0.357. The number of methoxy groups -OCH3 is 1. The van der Waals surface area contributed by atoms with Gasteiger partial charge in [-0.1, -0.05) is 5.69 Å². The van der Waals surface area contributed by atoms with Gasteiger partial charge in [0.1, 0.15) is 13.2 Å². The Balaban J connectivity index is 0.000001000. The molecule has 5 nitrogen and oxygen atoms in total. The van der Waals surface area contributed by atoms with Crippen molar-refractivity contribution in [1.82, 2.24) is 4.90 Å². The topological polar surface area (TPSA) is 34.2 Å². The normalized spacial score (nSPS) is 16.5. The van der Waals surface area contributed by atoms with Gasteiger partial charge < -0.3 is 31.4 Å². The Labute approximate surface area is 132 Å². The molecule has 0 saturated carbocycles. The molecule has 111 valence electrons. The molecule has 6 heteroatoms. The molecule has 0 bridgehead atoms. The van der Waals surface area contributed by atoms with Gasteiger partial charge in [0.15, 0.2) is 0 Å². The van der Waals surface area contributed by atoms with Crippen LogP contribution >= 0.6 is 0 Å². The van der Waals surface area contributed by atoms with Gasteiger partial charge in [0.25, 0.3) is 11.8 Å².